The maximum Gasteiger partial charge on any atom is 0.303 e. The number of aliphatic hydroxyl groups is 1. The van der Waals surface area contributed by atoms with Crippen molar-refractivity contribution in [3.05, 3.63) is 0 Å². The maximum absolute atomic E-state index is 12.9. The zero-order chi connectivity index (χ0) is 38.8. The Kier molecular flexibility index (Phi) is 31.4. The molecular formula is C37H69N5O10. The summed E-state index contributed by atoms with van der Waals surface area (Å²) in [5, 5.41) is 31.4. The average molecular weight is 744 g/mol. The number of likely N-dealkylation sites (N-methyl/N-ethyl adjacent to an activating group) is 1. The van der Waals surface area contributed by atoms with Gasteiger partial charge in [0, 0.05) is 26.4 Å². The van der Waals surface area contributed by atoms with Gasteiger partial charge in [0.2, 0.25) is 29.5 Å². The summed E-state index contributed by atoms with van der Waals surface area (Å²) in [6.45, 7) is 3.79. The Morgan fingerprint density at radius 1 is 0.558 bits per heavy atom. The SMILES string of the molecule is CCCCCCCCCCCCCCCC(=O)NCCOCCOCC(=O)NC(CCC(=O)O)C(=O)N[C@@H](CO)C(=O)N[C@@H](CCCC)C(=O)NC. The van der Waals surface area contributed by atoms with Gasteiger partial charge in [-0.25, -0.2) is 0 Å². The number of aliphatic hydroxyl groups excluding tert-OH is 1. The van der Waals surface area contributed by atoms with Gasteiger partial charge in [-0.1, -0.05) is 104 Å². The molecule has 15 nitrogen and oxygen atoms in total. The molecule has 0 spiro atoms. The van der Waals surface area contributed by atoms with Crippen molar-refractivity contribution in [3.8, 4) is 0 Å². The summed E-state index contributed by atoms with van der Waals surface area (Å²) in [6, 6.07) is -3.64. The predicted octanol–water partition coefficient (Wildman–Crippen LogP) is 2.86. The highest BCUT2D eigenvalue weighted by molar-refractivity contribution is 5.94. The zero-order valence-electron chi connectivity index (χ0n) is 32.1. The number of hydrogen-bond acceptors (Lipinski definition) is 9. The standard InChI is InChI=1S/C37H69N5O10/c1-4-6-8-9-10-11-12-13-14-15-16-17-18-20-32(44)39-23-24-51-25-26-52-28-33(45)40-30(21-22-34(46)47)36(49)42-31(27-43)37(50)41-29(19-7-5-2)35(48)38-3/h29-31,43H,4-28H2,1-3H3,(H,38,48)(H,39,44)(H,40,45)(H,41,50)(H,42,49)(H,46,47)/t29-,30?,31-/m0/s1. The van der Waals surface area contributed by atoms with Crippen molar-refractivity contribution < 1.29 is 48.5 Å². The van der Waals surface area contributed by atoms with E-state index in [-0.39, 0.29) is 32.1 Å². The van der Waals surface area contributed by atoms with Crippen LogP contribution < -0.4 is 26.6 Å². The molecule has 0 heterocycles. The molecule has 7 N–H and O–H groups in total. The summed E-state index contributed by atoms with van der Waals surface area (Å²) in [4.78, 5) is 73.5. The second kappa shape index (κ2) is 33.5. The zero-order valence-corrected chi connectivity index (χ0v) is 32.1. The third-order valence-electron chi connectivity index (χ3n) is 8.52. The summed E-state index contributed by atoms with van der Waals surface area (Å²) >= 11 is 0. The molecule has 0 aromatic heterocycles. The van der Waals surface area contributed by atoms with Crippen LogP contribution >= 0.6 is 0 Å². The molecule has 5 amide bonds. The quantitative estimate of drug-likeness (QED) is 0.0471. The summed E-state index contributed by atoms with van der Waals surface area (Å²) in [5.74, 6) is -4.02. The third kappa shape index (κ3) is 27.4. The molecule has 15 heteroatoms. The molecule has 0 radical (unpaired) electrons. The van der Waals surface area contributed by atoms with Crippen molar-refractivity contribution in [1.82, 2.24) is 26.6 Å². The highest BCUT2D eigenvalue weighted by Gasteiger charge is 2.29. The number of unbranched alkanes of at least 4 members (excludes halogenated alkanes) is 13. The first-order valence-electron chi connectivity index (χ1n) is 19.5. The van der Waals surface area contributed by atoms with Gasteiger partial charge in [0.05, 0.1) is 26.4 Å². The number of carbonyl (C=O) groups excluding carboxylic acids is 5. The van der Waals surface area contributed by atoms with E-state index in [1.54, 1.807) is 0 Å². The number of aliphatic carboxylic acids is 1. The number of carboxylic acids is 1. The fourth-order valence-corrected chi connectivity index (χ4v) is 5.40. The van der Waals surface area contributed by atoms with E-state index in [1.807, 2.05) is 6.92 Å². The molecule has 0 saturated heterocycles. The normalized spacial score (nSPS) is 12.7. The molecule has 0 aliphatic rings. The van der Waals surface area contributed by atoms with Gasteiger partial charge in [-0.3, -0.25) is 28.8 Å². The molecule has 3 atom stereocenters. The number of hydrogen-bond donors (Lipinski definition) is 7. The van der Waals surface area contributed by atoms with Crippen LogP contribution in [0.1, 0.15) is 136 Å². The molecule has 0 aliphatic heterocycles. The van der Waals surface area contributed by atoms with Crippen molar-refractivity contribution in [1.29, 1.82) is 0 Å². The van der Waals surface area contributed by atoms with Crippen LogP contribution in [0.2, 0.25) is 0 Å². The van der Waals surface area contributed by atoms with Crippen LogP contribution in [-0.4, -0.2) is 110 Å². The fraction of sp³-hybridized carbons (Fsp3) is 0.838. The van der Waals surface area contributed by atoms with E-state index >= 15 is 0 Å². The fourth-order valence-electron chi connectivity index (χ4n) is 5.40. The first-order chi connectivity index (χ1) is 25.1. The molecule has 302 valence electrons. The maximum atomic E-state index is 12.9. The molecule has 0 fully saturated rings. The van der Waals surface area contributed by atoms with Gasteiger partial charge < -0.3 is 46.3 Å². The summed E-state index contributed by atoms with van der Waals surface area (Å²) < 4.78 is 10.7. The lowest BCUT2D eigenvalue weighted by molar-refractivity contribution is -0.139. The number of carbonyl (C=O) groups is 6. The molecule has 0 rings (SSSR count). The van der Waals surface area contributed by atoms with Crippen molar-refractivity contribution >= 4 is 35.5 Å². The number of nitrogens with one attached hydrogen (secondary N) is 5. The molecule has 0 aromatic carbocycles. The monoisotopic (exact) mass is 744 g/mol. The van der Waals surface area contributed by atoms with Crippen molar-refractivity contribution in [2.75, 3.05) is 46.6 Å². The van der Waals surface area contributed by atoms with Gasteiger partial charge in [0.15, 0.2) is 0 Å². The molecule has 1 unspecified atom stereocenters. The molecule has 52 heavy (non-hydrogen) atoms. The second-order valence-electron chi connectivity index (χ2n) is 13.1. The Morgan fingerprint density at radius 2 is 1.08 bits per heavy atom. The largest absolute Gasteiger partial charge is 0.481 e. The van der Waals surface area contributed by atoms with Crippen molar-refractivity contribution in [2.24, 2.45) is 0 Å². The van der Waals surface area contributed by atoms with Crippen molar-refractivity contribution in [3.63, 3.8) is 0 Å². The van der Waals surface area contributed by atoms with Crippen LogP contribution in [0.25, 0.3) is 0 Å². The lowest BCUT2D eigenvalue weighted by Gasteiger charge is -2.24. The minimum absolute atomic E-state index is 0.00733. The van der Waals surface area contributed by atoms with Crippen molar-refractivity contribution in [2.45, 2.75) is 154 Å². The lowest BCUT2D eigenvalue weighted by Crippen LogP contribution is -2.58. The summed E-state index contributed by atoms with van der Waals surface area (Å²) in [7, 11) is 1.43. The Bertz CT molecular complexity index is 1000. The van der Waals surface area contributed by atoms with Crippen LogP contribution in [0, 0.1) is 0 Å². The lowest BCUT2D eigenvalue weighted by atomic mass is 10.0. The Labute approximate surface area is 310 Å². The summed E-state index contributed by atoms with van der Waals surface area (Å²) in [5.41, 5.74) is 0. The van der Waals surface area contributed by atoms with Gasteiger partial charge in [-0.05, 0) is 19.3 Å². The molecule has 0 saturated carbocycles. The Morgan fingerprint density at radius 3 is 1.63 bits per heavy atom. The predicted molar refractivity (Wildman–Crippen MR) is 198 cm³/mol. The van der Waals surface area contributed by atoms with E-state index < -0.39 is 67.4 Å². The van der Waals surface area contributed by atoms with Crippen LogP contribution in [0.15, 0.2) is 0 Å². The van der Waals surface area contributed by atoms with Gasteiger partial charge >= 0.3 is 5.97 Å². The molecular weight excluding hydrogens is 674 g/mol. The number of rotatable bonds is 35. The minimum atomic E-state index is -1.44. The van der Waals surface area contributed by atoms with Crippen LogP contribution in [0.5, 0.6) is 0 Å². The number of ether oxygens (including phenoxy) is 2. The topological polar surface area (TPSA) is 221 Å². The molecule has 0 aromatic rings. The second-order valence-corrected chi connectivity index (χ2v) is 13.1. The summed E-state index contributed by atoms with van der Waals surface area (Å²) in [6.07, 6.45) is 17.9. The van der Waals surface area contributed by atoms with E-state index in [2.05, 4.69) is 33.5 Å². The highest BCUT2D eigenvalue weighted by Crippen LogP contribution is 2.13. The first kappa shape index (κ1) is 48.7. The van der Waals surface area contributed by atoms with Gasteiger partial charge in [-0.2, -0.15) is 0 Å². The molecule has 0 bridgehead atoms. The Balaban J connectivity index is 4.26. The van der Waals surface area contributed by atoms with E-state index in [0.717, 1.165) is 25.7 Å². The first-order valence-corrected chi connectivity index (χ1v) is 19.5. The molecule has 0 aliphatic carbocycles. The smallest absolute Gasteiger partial charge is 0.303 e. The van der Waals surface area contributed by atoms with Gasteiger partial charge in [0.25, 0.3) is 0 Å². The number of carboxylic acid groups (broad SMARTS) is 1. The highest BCUT2D eigenvalue weighted by atomic mass is 16.5. The number of amides is 5. The third-order valence-corrected chi connectivity index (χ3v) is 8.52. The van der Waals surface area contributed by atoms with E-state index in [1.165, 1.54) is 71.3 Å². The average Bonchev–Trinajstić information content (AvgIpc) is 3.12. The minimum Gasteiger partial charge on any atom is -0.481 e. The van der Waals surface area contributed by atoms with Crippen LogP contribution in [-0.2, 0) is 38.2 Å². The van der Waals surface area contributed by atoms with Crippen LogP contribution in [0.4, 0.5) is 0 Å². The van der Waals surface area contributed by atoms with Gasteiger partial charge in [0.1, 0.15) is 24.7 Å². The van der Waals surface area contributed by atoms with Gasteiger partial charge in [-0.15, -0.1) is 0 Å². The Hall–Kier alpha value is -3.30. The van der Waals surface area contributed by atoms with Crippen LogP contribution in [0.3, 0.4) is 0 Å². The van der Waals surface area contributed by atoms with E-state index in [9.17, 15) is 33.9 Å². The van der Waals surface area contributed by atoms with E-state index in [0.29, 0.717) is 25.8 Å². The van der Waals surface area contributed by atoms with E-state index in [4.69, 9.17) is 14.6 Å².